The minimum atomic E-state index is -0.377. The van der Waals surface area contributed by atoms with Crippen molar-refractivity contribution in [2.45, 2.75) is 65.8 Å². The quantitative estimate of drug-likeness (QED) is 0.530. The molecule has 2 N–H and O–H groups in total. The number of anilines is 1. The number of thiocarbonyl (C=S) groups is 1. The highest BCUT2D eigenvalue weighted by Crippen LogP contribution is 2.38. The van der Waals surface area contributed by atoms with Crippen LogP contribution in [0.1, 0.15) is 71.4 Å². The molecule has 0 saturated carbocycles. The Hall–Kier alpha value is -2.14. The van der Waals surface area contributed by atoms with Crippen LogP contribution in [0.2, 0.25) is 0 Å². The zero-order valence-corrected chi connectivity index (χ0v) is 18.6. The highest BCUT2D eigenvalue weighted by atomic mass is 32.1. The first-order chi connectivity index (χ1) is 13.0. The van der Waals surface area contributed by atoms with Crippen molar-refractivity contribution in [1.82, 2.24) is 5.32 Å². The molecule has 0 aliphatic carbocycles. The number of ether oxygens (including phenoxy) is 1. The summed E-state index contributed by atoms with van der Waals surface area (Å²) in [5.74, 6) is 0.941. The fourth-order valence-corrected chi connectivity index (χ4v) is 3.32. The van der Waals surface area contributed by atoms with Gasteiger partial charge in [-0.15, -0.1) is 0 Å². The molecule has 0 radical (unpaired) electrons. The Balaban J connectivity index is 2.47. The minimum Gasteiger partial charge on any atom is -0.454 e. The fourth-order valence-electron chi connectivity index (χ4n) is 2.91. The molecule has 2 aromatic carbocycles. The van der Waals surface area contributed by atoms with Gasteiger partial charge in [-0.1, -0.05) is 39.8 Å². The lowest BCUT2D eigenvalue weighted by Crippen LogP contribution is -2.43. The van der Waals surface area contributed by atoms with E-state index in [0.717, 1.165) is 16.8 Å². The smallest absolute Gasteiger partial charge is 0.171 e. The molecule has 2 aromatic rings. The van der Waals surface area contributed by atoms with Crippen molar-refractivity contribution in [1.29, 1.82) is 0 Å². The lowest BCUT2D eigenvalue weighted by molar-refractivity contribution is 0.441. The van der Waals surface area contributed by atoms with E-state index in [9.17, 15) is 4.39 Å². The van der Waals surface area contributed by atoms with Gasteiger partial charge in [-0.25, -0.2) is 4.39 Å². The monoisotopic (exact) mass is 402 g/mol. The highest BCUT2D eigenvalue weighted by Gasteiger charge is 2.20. The summed E-state index contributed by atoms with van der Waals surface area (Å²) in [7, 11) is 0. The summed E-state index contributed by atoms with van der Waals surface area (Å²) < 4.78 is 19.9. The first-order valence-electron chi connectivity index (χ1n) is 9.67. The van der Waals surface area contributed by atoms with Crippen molar-refractivity contribution in [2.24, 2.45) is 0 Å². The van der Waals surface area contributed by atoms with Crippen LogP contribution in [0.5, 0.6) is 11.5 Å². The summed E-state index contributed by atoms with van der Waals surface area (Å²) in [5, 5.41) is 7.28. The third-order valence-electron chi connectivity index (χ3n) is 4.21. The molecule has 0 saturated heterocycles. The van der Waals surface area contributed by atoms with Gasteiger partial charge in [-0.3, -0.25) is 0 Å². The molecule has 152 valence electrons. The van der Waals surface area contributed by atoms with Crippen LogP contribution in [-0.2, 0) is 0 Å². The molecule has 0 bridgehead atoms. The third kappa shape index (κ3) is 5.93. The maximum atomic E-state index is 14.0. The van der Waals surface area contributed by atoms with E-state index in [1.54, 1.807) is 18.2 Å². The van der Waals surface area contributed by atoms with E-state index in [2.05, 4.69) is 59.1 Å². The van der Waals surface area contributed by atoms with E-state index in [-0.39, 0.29) is 28.9 Å². The average molecular weight is 403 g/mol. The first kappa shape index (κ1) is 22.2. The molecular formula is C23H31FN2OS. The summed E-state index contributed by atoms with van der Waals surface area (Å²) in [6.07, 6.45) is 0. The summed E-state index contributed by atoms with van der Waals surface area (Å²) >= 11 is 5.53. The molecule has 0 spiro atoms. The summed E-state index contributed by atoms with van der Waals surface area (Å²) in [6.45, 7) is 14.7. The van der Waals surface area contributed by atoms with Crippen LogP contribution in [0.25, 0.3) is 0 Å². The number of para-hydroxylation sites is 1. The second kappa shape index (κ2) is 8.91. The molecule has 0 aliphatic heterocycles. The predicted molar refractivity (Wildman–Crippen MR) is 120 cm³/mol. The number of hydrogen-bond acceptors (Lipinski definition) is 2. The molecule has 0 heterocycles. The van der Waals surface area contributed by atoms with Crippen LogP contribution in [0.3, 0.4) is 0 Å². The second-order valence-corrected chi connectivity index (χ2v) is 9.06. The summed E-state index contributed by atoms with van der Waals surface area (Å²) in [5.41, 5.74) is 3.02. The van der Waals surface area contributed by atoms with Gasteiger partial charge in [0.05, 0.1) is 0 Å². The van der Waals surface area contributed by atoms with Crippen LogP contribution in [0.15, 0.2) is 36.4 Å². The predicted octanol–water partition coefficient (Wildman–Crippen LogP) is 6.95. The van der Waals surface area contributed by atoms with Crippen molar-refractivity contribution in [2.75, 3.05) is 5.32 Å². The molecular weight excluding hydrogens is 371 g/mol. The van der Waals surface area contributed by atoms with E-state index >= 15 is 0 Å². The standard InChI is InChI=1S/C23H31FN2OS/c1-14(2)17-12-16(27-20-11-9-8-10-19(20)24)13-18(15(3)4)21(17)25-22(28)26-23(5,6)7/h8-15H,1-7H3,(H2,25,26,28). The molecule has 0 aromatic heterocycles. The Morgan fingerprint density at radius 2 is 1.54 bits per heavy atom. The van der Waals surface area contributed by atoms with Crippen LogP contribution < -0.4 is 15.4 Å². The summed E-state index contributed by atoms with van der Waals surface area (Å²) in [4.78, 5) is 0. The zero-order chi connectivity index (χ0) is 21.1. The van der Waals surface area contributed by atoms with Gasteiger partial charge in [-0.2, -0.15) is 0 Å². The molecule has 28 heavy (non-hydrogen) atoms. The SMILES string of the molecule is CC(C)c1cc(Oc2ccccc2F)cc(C(C)C)c1NC(=S)NC(C)(C)C. The number of halogens is 1. The number of hydrogen-bond donors (Lipinski definition) is 2. The first-order valence-corrected chi connectivity index (χ1v) is 10.1. The van der Waals surface area contributed by atoms with Gasteiger partial charge in [0.25, 0.3) is 0 Å². The van der Waals surface area contributed by atoms with Crippen molar-refractivity contribution < 1.29 is 9.13 Å². The minimum absolute atomic E-state index is 0.131. The van der Waals surface area contributed by atoms with Gasteiger partial charge in [0.1, 0.15) is 5.75 Å². The lowest BCUT2D eigenvalue weighted by atomic mass is 9.92. The number of nitrogens with one attached hydrogen (secondary N) is 2. The normalized spacial score (nSPS) is 11.6. The van der Waals surface area contributed by atoms with Crippen LogP contribution in [0, 0.1) is 5.82 Å². The van der Waals surface area contributed by atoms with Gasteiger partial charge in [0, 0.05) is 11.2 Å². The highest BCUT2D eigenvalue weighted by molar-refractivity contribution is 7.80. The summed E-state index contributed by atoms with van der Waals surface area (Å²) in [6, 6.07) is 10.4. The van der Waals surface area contributed by atoms with E-state index in [1.165, 1.54) is 6.07 Å². The van der Waals surface area contributed by atoms with Crippen molar-refractivity contribution in [3.05, 3.63) is 53.3 Å². The van der Waals surface area contributed by atoms with Crippen LogP contribution in [0.4, 0.5) is 10.1 Å². The van der Waals surface area contributed by atoms with E-state index < -0.39 is 0 Å². The van der Waals surface area contributed by atoms with Gasteiger partial charge in [0.15, 0.2) is 16.7 Å². The maximum Gasteiger partial charge on any atom is 0.171 e. The van der Waals surface area contributed by atoms with Gasteiger partial charge < -0.3 is 15.4 Å². The van der Waals surface area contributed by atoms with Crippen LogP contribution >= 0.6 is 12.2 Å². The number of benzene rings is 2. The van der Waals surface area contributed by atoms with E-state index in [4.69, 9.17) is 17.0 Å². The Morgan fingerprint density at radius 3 is 2.00 bits per heavy atom. The molecule has 0 aliphatic rings. The lowest BCUT2D eigenvalue weighted by Gasteiger charge is -2.27. The third-order valence-corrected chi connectivity index (χ3v) is 4.41. The average Bonchev–Trinajstić information content (AvgIpc) is 2.55. The maximum absolute atomic E-state index is 14.0. The Labute approximate surface area is 173 Å². The molecule has 2 rings (SSSR count). The van der Waals surface area contributed by atoms with E-state index in [0.29, 0.717) is 10.9 Å². The Bertz CT molecular complexity index is 812. The Morgan fingerprint density at radius 1 is 1.00 bits per heavy atom. The number of rotatable bonds is 5. The molecule has 0 unspecified atom stereocenters. The van der Waals surface area contributed by atoms with Gasteiger partial charge in [0.2, 0.25) is 0 Å². The molecule has 0 fully saturated rings. The van der Waals surface area contributed by atoms with Crippen molar-refractivity contribution in [3.8, 4) is 11.5 Å². The molecule has 0 atom stereocenters. The van der Waals surface area contributed by atoms with Crippen molar-refractivity contribution in [3.63, 3.8) is 0 Å². The fraction of sp³-hybridized carbons (Fsp3) is 0.435. The van der Waals surface area contributed by atoms with E-state index in [1.807, 2.05) is 12.1 Å². The topological polar surface area (TPSA) is 33.3 Å². The van der Waals surface area contributed by atoms with Crippen LogP contribution in [-0.4, -0.2) is 10.7 Å². The largest absolute Gasteiger partial charge is 0.454 e. The zero-order valence-electron chi connectivity index (χ0n) is 17.8. The van der Waals surface area contributed by atoms with Gasteiger partial charge in [-0.05, 0) is 80.2 Å². The molecule has 3 nitrogen and oxygen atoms in total. The Kier molecular flexibility index (Phi) is 7.05. The molecule has 0 amide bonds. The molecule has 5 heteroatoms. The van der Waals surface area contributed by atoms with Gasteiger partial charge >= 0.3 is 0 Å². The second-order valence-electron chi connectivity index (χ2n) is 8.65. The van der Waals surface area contributed by atoms with Crippen molar-refractivity contribution >= 4 is 23.0 Å².